The number of hydrogen-bond acceptors (Lipinski definition) is 2. The van der Waals surface area contributed by atoms with E-state index in [1.54, 1.807) is 7.11 Å². The van der Waals surface area contributed by atoms with Gasteiger partial charge in [0.05, 0.1) is 0 Å². The molecule has 2 heteroatoms. The van der Waals surface area contributed by atoms with E-state index in [-0.39, 0.29) is 12.4 Å². The quantitative estimate of drug-likeness (QED) is 0.730. The van der Waals surface area contributed by atoms with E-state index in [9.17, 15) is 4.79 Å². The number of ether oxygens (including phenoxy) is 1. The van der Waals surface area contributed by atoms with Crippen molar-refractivity contribution in [3.63, 3.8) is 0 Å². The lowest BCUT2D eigenvalue weighted by Crippen LogP contribution is -2.11. The van der Waals surface area contributed by atoms with Crippen molar-refractivity contribution in [1.29, 1.82) is 0 Å². The number of hydrogen-bond donors (Lipinski definition) is 0. The minimum atomic E-state index is 0.130. The number of benzene rings is 1. The molecular formula is C12H16O2. The second kappa shape index (κ2) is 4.91. The second-order valence-corrected chi connectivity index (χ2v) is 3.52. The Labute approximate surface area is 84.9 Å². The summed E-state index contributed by atoms with van der Waals surface area (Å²) < 4.78 is 4.81. The molecule has 0 saturated carbocycles. The molecule has 1 rings (SSSR count). The third-order valence-electron chi connectivity index (χ3n) is 2.32. The predicted octanol–water partition coefficient (Wildman–Crippen LogP) is 2.06. The van der Waals surface area contributed by atoms with Crippen molar-refractivity contribution in [2.75, 3.05) is 13.7 Å². The van der Waals surface area contributed by atoms with Gasteiger partial charge in [-0.2, -0.15) is 0 Å². The number of aryl methyl sites for hydroxylation is 2. The SMILES string of the molecule is COCC(=O)Cc1c(C)cccc1C. The Hall–Kier alpha value is -1.15. The van der Waals surface area contributed by atoms with E-state index in [0.29, 0.717) is 6.42 Å². The highest BCUT2D eigenvalue weighted by molar-refractivity contribution is 5.82. The van der Waals surface area contributed by atoms with Gasteiger partial charge < -0.3 is 4.74 Å². The normalized spacial score (nSPS) is 10.2. The zero-order chi connectivity index (χ0) is 10.6. The summed E-state index contributed by atoms with van der Waals surface area (Å²) in [7, 11) is 1.54. The Kier molecular flexibility index (Phi) is 3.84. The molecule has 0 aliphatic rings. The summed E-state index contributed by atoms with van der Waals surface area (Å²) >= 11 is 0. The van der Waals surface area contributed by atoms with E-state index in [1.807, 2.05) is 32.0 Å². The topological polar surface area (TPSA) is 26.3 Å². The van der Waals surface area contributed by atoms with E-state index in [4.69, 9.17) is 4.74 Å². The van der Waals surface area contributed by atoms with E-state index < -0.39 is 0 Å². The number of carbonyl (C=O) groups excluding carboxylic acids is 1. The predicted molar refractivity (Wildman–Crippen MR) is 56.5 cm³/mol. The van der Waals surface area contributed by atoms with Crippen molar-refractivity contribution in [1.82, 2.24) is 0 Å². The number of ketones is 1. The molecular weight excluding hydrogens is 176 g/mol. The zero-order valence-corrected chi connectivity index (χ0v) is 8.96. The van der Waals surface area contributed by atoms with Crippen LogP contribution in [0.4, 0.5) is 0 Å². The Balaban J connectivity index is 2.80. The van der Waals surface area contributed by atoms with Crippen LogP contribution in [0.25, 0.3) is 0 Å². The van der Waals surface area contributed by atoms with Crippen molar-refractivity contribution in [2.24, 2.45) is 0 Å². The summed E-state index contributed by atoms with van der Waals surface area (Å²) in [5, 5.41) is 0. The highest BCUT2D eigenvalue weighted by Gasteiger charge is 2.07. The van der Waals surface area contributed by atoms with E-state index in [1.165, 1.54) is 11.1 Å². The Morgan fingerprint density at radius 2 is 1.86 bits per heavy atom. The minimum Gasteiger partial charge on any atom is -0.377 e. The van der Waals surface area contributed by atoms with Crippen molar-refractivity contribution in [3.8, 4) is 0 Å². The average molecular weight is 192 g/mol. The number of rotatable bonds is 4. The molecule has 0 N–H and O–H groups in total. The first-order chi connectivity index (χ1) is 6.65. The monoisotopic (exact) mass is 192 g/mol. The third kappa shape index (κ3) is 2.67. The largest absolute Gasteiger partial charge is 0.377 e. The maximum absolute atomic E-state index is 11.4. The van der Waals surface area contributed by atoms with Crippen LogP contribution < -0.4 is 0 Å². The van der Waals surface area contributed by atoms with Gasteiger partial charge in [-0.15, -0.1) is 0 Å². The number of methoxy groups -OCH3 is 1. The highest BCUT2D eigenvalue weighted by Crippen LogP contribution is 2.13. The van der Waals surface area contributed by atoms with Crippen LogP contribution in [0.3, 0.4) is 0 Å². The van der Waals surface area contributed by atoms with Crippen LogP contribution in [-0.2, 0) is 16.0 Å². The minimum absolute atomic E-state index is 0.130. The molecule has 1 aromatic carbocycles. The van der Waals surface area contributed by atoms with Crippen molar-refractivity contribution < 1.29 is 9.53 Å². The summed E-state index contributed by atoms with van der Waals surface area (Å²) in [5.74, 6) is 0.130. The molecule has 0 bridgehead atoms. The van der Waals surface area contributed by atoms with Crippen LogP contribution in [0.5, 0.6) is 0 Å². The van der Waals surface area contributed by atoms with Crippen molar-refractivity contribution in [2.45, 2.75) is 20.3 Å². The molecule has 0 amide bonds. The molecule has 0 aliphatic carbocycles. The van der Waals surface area contributed by atoms with E-state index in [0.717, 1.165) is 5.56 Å². The van der Waals surface area contributed by atoms with Gasteiger partial charge in [-0.1, -0.05) is 18.2 Å². The van der Waals surface area contributed by atoms with Gasteiger partial charge in [0, 0.05) is 13.5 Å². The fourth-order valence-corrected chi connectivity index (χ4v) is 1.54. The van der Waals surface area contributed by atoms with Crippen LogP contribution >= 0.6 is 0 Å². The van der Waals surface area contributed by atoms with Gasteiger partial charge in [-0.3, -0.25) is 4.79 Å². The second-order valence-electron chi connectivity index (χ2n) is 3.52. The summed E-state index contributed by atoms with van der Waals surface area (Å²) in [6, 6.07) is 6.07. The lowest BCUT2D eigenvalue weighted by atomic mass is 9.98. The molecule has 0 saturated heterocycles. The smallest absolute Gasteiger partial charge is 0.162 e. The summed E-state index contributed by atoms with van der Waals surface area (Å²) in [5.41, 5.74) is 3.48. The zero-order valence-electron chi connectivity index (χ0n) is 8.96. The van der Waals surface area contributed by atoms with Gasteiger partial charge in [0.25, 0.3) is 0 Å². The number of Topliss-reactive ketones (excluding diaryl/α,β-unsaturated/α-hetero) is 1. The lowest BCUT2D eigenvalue weighted by molar-refractivity contribution is -0.122. The standard InChI is InChI=1S/C12H16O2/c1-9-5-4-6-10(2)12(9)7-11(13)8-14-3/h4-6H,7-8H2,1-3H3. The highest BCUT2D eigenvalue weighted by atomic mass is 16.5. The molecule has 1 aromatic rings. The molecule has 0 radical (unpaired) electrons. The fourth-order valence-electron chi connectivity index (χ4n) is 1.54. The van der Waals surface area contributed by atoms with Gasteiger partial charge >= 0.3 is 0 Å². The Morgan fingerprint density at radius 1 is 1.29 bits per heavy atom. The van der Waals surface area contributed by atoms with Crippen molar-refractivity contribution >= 4 is 5.78 Å². The molecule has 0 aliphatic heterocycles. The molecule has 0 atom stereocenters. The Bertz CT molecular complexity index is 309. The first kappa shape index (κ1) is 10.9. The maximum atomic E-state index is 11.4. The molecule has 14 heavy (non-hydrogen) atoms. The number of carbonyl (C=O) groups is 1. The molecule has 0 heterocycles. The van der Waals surface area contributed by atoms with Crippen LogP contribution in [0.2, 0.25) is 0 Å². The van der Waals surface area contributed by atoms with Gasteiger partial charge in [-0.05, 0) is 30.5 Å². The first-order valence-corrected chi connectivity index (χ1v) is 4.71. The molecule has 0 aromatic heterocycles. The molecule has 0 spiro atoms. The van der Waals surface area contributed by atoms with Crippen LogP contribution in [0.1, 0.15) is 16.7 Å². The average Bonchev–Trinajstić information content (AvgIpc) is 2.12. The lowest BCUT2D eigenvalue weighted by Gasteiger charge is -2.08. The van der Waals surface area contributed by atoms with Gasteiger partial charge in [0.15, 0.2) is 5.78 Å². The van der Waals surface area contributed by atoms with Gasteiger partial charge in [0.1, 0.15) is 6.61 Å². The third-order valence-corrected chi connectivity index (χ3v) is 2.32. The molecule has 0 fully saturated rings. The maximum Gasteiger partial charge on any atom is 0.162 e. The summed E-state index contributed by atoms with van der Waals surface area (Å²) in [6.07, 6.45) is 0.479. The summed E-state index contributed by atoms with van der Waals surface area (Å²) in [6.45, 7) is 4.26. The van der Waals surface area contributed by atoms with Crippen LogP contribution in [0, 0.1) is 13.8 Å². The van der Waals surface area contributed by atoms with Gasteiger partial charge in [0.2, 0.25) is 0 Å². The Morgan fingerprint density at radius 3 is 2.36 bits per heavy atom. The van der Waals surface area contributed by atoms with Crippen LogP contribution in [-0.4, -0.2) is 19.5 Å². The first-order valence-electron chi connectivity index (χ1n) is 4.71. The van der Waals surface area contributed by atoms with E-state index in [2.05, 4.69) is 0 Å². The molecule has 2 nitrogen and oxygen atoms in total. The van der Waals surface area contributed by atoms with E-state index >= 15 is 0 Å². The fraction of sp³-hybridized carbons (Fsp3) is 0.417. The molecule has 76 valence electrons. The van der Waals surface area contributed by atoms with Crippen LogP contribution in [0.15, 0.2) is 18.2 Å². The van der Waals surface area contributed by atoms with Gasteiger partial charge in [-0.25, -0.2) is 0 Å². The summed E-state index contributed by atoms with van der Waals surface area (Å²) in [4.78, 5) is 11.4. The molecule has 0 unspecified atom stereocenters. The van der Waals surface area contributed by atoms with Crippen molar-refractivity contribution in [3.05, 3.63) is 34.9 Å².